The molecule has 0 aliphatic carbocycles. The Morgan fingerprint density at radius 1 is 1.27 bits per heavy atom. The Morgan fingerprint density at radius 2 is 2.10 bits per heavy atom. The first kappa shape index (κ1) is 21.0. The third-order valence-corrected chi connectivity index (χ3v) is 4.60. The van der Waals surface area contributed by atoms with Crippen LogP contribution in [-0.4, -0.2) is 24.6 Å². The fourth-order valence-corrected chi connectivity index (χ4v) is 3.20. The van der Waals surface area contributed by atoms with Gasteiger partial charge in [0.05, 0.1) is 12.8 Å². The molecule has 30 heavy (non-hydrogen) atoms. The number of methoxy groups -OCH3 is 1. The summed E-state index contributed by atoms with van der Waals surface area (Å²) in [4.78, 5) is 16.3. The highest BCUT2D eigenvalue weighted by molar-refractivity contribution is 7.14. The van der Waals surface area contributed by atoms with E-state index in [0.717, 1.165) is 29.5 Å². The molecule has 0 aliphatic heterocycles. The average molecular weight is 427 g/mol. The molecule has 0 fully saturated rings. The summed E-state index contributed by atoms with van der Waals surface area (Å²) >= 11 is 1.10. The van der Waals surface area contributed by atoms with Crippen molar-refractivity contribution in [2.45, 2.75) is 0 Å². The zero-order valence-electron chi connectivity index (χ0n) is 15.7. The molecule has 0 unspecified atom stereocenters. The van der Waals surface area contributed by atoms with Gasteiger partial charge in [-0.2, -0.15) is 5.26 Å². The van der Waals surface area contributed by atoms with Crippen LogP contribution < -0.4 is 14.8 Å². The number of rotatable bonds is 7. The zero-order chi connectivity index (χ0) is 21.5. The first-order valence-electron chi connectivity index (χ1n) is 8.58. The second-order valence-electron chi connectivity index (χ2n) is 5.84. The molecule has 2 aromatic carbocycles. The predicted molar refractivity (Wildman–Crippen MR) is 109 cm³/mol. The third kappa shape index (κ3) is 5.18. The van der Waals surface area contributed by atoms with Crippen molar-refractivity contribution in [3.63, 3.8) is 0 Å². The first-order valence-corrected chi connectivity index (χ1v) is 9.46. The summed E-state index contributed by atoms with van der Waals surface area (Å²) in [5.74, 6) is -0.780. The minimum Gasteiger partial charge on any atom is -0.493 e. The Balaban J connectivity index is 1.67. The summed E-state index contributed by atoms with van der Waals surface area (Å²) in [6.07, 6.45) is 2.86. The van der Waals surface area contributed by atoms with Crippen LogP contribution in [0.2, 0.25) is 0 Å². The molecule has 1 N–H and O–H groups in total. The number of ether oxygens (including phenoxy) is 2. The number of nitrogens with one attached hydrogen (secondary N) is 1. The van der Waals surface area contributed by atoms with Gasteiger partial charge >= 0.3 is 0 Å². The normalized spacial score (nSPS) is 10.6. The summed E-state index contributed by atoms with van der Waals surface area (Å²) in [6, 6.07) is 9.96. The molecule has 3 rings (SSSR count). The monoisotopic (exact) mass is 427 g/mol. The summed E-state index contributed by atoms with van der Waals surface area (Å²) in [5.41, 5.74) is 0.926. The van der Waals surface area contributed by atoms with Crippen LogP contribution in [0.25, 0.3) is 17.3 Å². The number of thiazole rings is 1. The topological polar surface area (TPSA) is 84.2 Å². The van der Waals surface area contributed by atoms with Gasteiger partial charge in [-0.05, 0) is 42.0 Å². The van der Waals surface area contributed by atoms with E-state index in [-0.39, 0.29) is 23.0 Å². The van der Waals surface area contributed by atoms with E-state index in [1.807, 2.05) is 6.07 Å². The minimum absolute atomic E-state index is 0.0214. The Morgan fingerprint density at radius 3 is 2.87 bits per heavy atom. The summed E-state index contributed by atoms with van der Waals surface area (Å²) < 4.78 is 37.7. The SMILES string of the molecule is COc1cc(/C=C/C(=O)Nc2nc(-c3cc(F)ccc3F)cs2)ccc1OCC#N. The van der Waals surface area contributed by atoms with Crippen molar-refractivity contribution in [2.75, 3.05) is 19.0 Å². The molecular formula is C21H15F2N3O3S. The van der Waals surface area contributed by atoms with Crippen LogP contribution in [0.15, 0.2) is 47.9 Å². The molecule has 0 saturated carbocycles. The van der Waals surface area contributed by atoms with Crippen LogP contribution in [0.3, 0.4) is 0 Å². The number of anilines is 1. The second-order valence-corrected chi connectivity index (χ2v) is 6.70. The number of nitrogens with zero attached hydrogens (tertiary/aromatic N) is 2. The molecule has 3 aromatic rings. The van der Waals surface area contributed by atoms with Gasteiger partial charge in [-0.3, -0.25) is 10.1 Å². The standard InChI is InChI=1S/C21H15F2N3O3S/c1-28-19-10-13(2-6-18(19)29-9-8-24)3-7-20(27)26-21-25-17(12-30-21)15-11-14(22)4-5-16(15)23/h2-7,10-12H,9H2,1H3,(H,25,26,27)/b7-3+. The third-order valence-electron chi connectivity index (χ3n) is 3.85. The van der Waals surface area contributed by atoms with E-state index >= 15 is 0 Å². The molecule has 0 atom stereocenters. The fourth-order valence-electron chi connectivity index (χ4n) is 2.48. The first-order chi connectivity index (χ1) is 14.5. The van der Waals surface area contributed by atoms with Gasteiger partial charge in [-0.1, -0.05) is 6.07 Å². The van der Waals surface area contributed by atoms with E-state index in [9.17, 15) is 13.6 Å². The molecule has 0 radical (unpaired) electrons. The van der Waals surface area contributed by atoms with Gasteiger partial charge < -0.3 is 9.47 Å². The fraction of sp³-hybridized carbons (Fsp3) is 0.0952. The van der Waals surface area contributed by atoms with E-state index in [1.54, 1.807) is 24.3 Å². The summed E-state index contributed by atoms with van der Waals surface area (Å²) in [7, 11) is 1.47. The maximum absolute atomic E-state index is 13.9. The Kier molecular flexibility index (Phi) is 6.72. The second kappa shape index (κ2) is 9.62. The number of nitriles is 1. The highest BCUT2D eigenvalue weighted by Crippen LogP contribution is 2.29. The summed E-state index contributed by atoms with van der Waals surface area (Å²) in [6.45, 7) is -0.108. The maximum Gasteiger partial charge on any atom is 0.250 e. The van der Waals surface area contributed by atoms with Crippen LogP contribution in [0, 0.1) is 23.0 Å². The quantitative estimate of drug-likeness (QED) is 0.555. The molecule has 6 nitrogen and oxygen atoms in total. The molecule has 152 valence electrons. The molecule has 9 heteroatoms. The van der Waals surface area contributed by atoms with Crippen LogP contribution in [0.5, 0.6) is 11.5 Å². The van der Waals surface area contributed by atoms with Crippen LogP contribution in [-0.2, 0) is 4.79 Å². The van der Waals surface area contributed by atoms with Crippen molar-refractivity contribution in [2.24, 2.45) is 0 Å². The molecule has 0 spiro atoms. The number of carbonyl (C=O) groups excluding carboxylic acids is 1. The molecule has 0 saturated heterocycles. The maximum atomic E-state index is 13.9. The lowest BCUT2D eigenvalue weighted by Crippen LogP contribution is -2.07. The molecule has 1 aromatic heterocycles. The van der Waals surface area contributed by atoms with Gasteiger partial charge in [0.15, 0.2) is 23.2 Å². The molecule has 1 heterocycles. The van der Waals surface area contributed by atoms with Gasteiger partial charge in [0.2, 0.25) is 5.91 Å². The van der Waals surface area contributed by atoms with Crippen molar-refractivity contribution >= 4 is 28.5 Å². The van der Waals surface area contributed by atoms with Gasteiger partial charge in [0, 0.05) is 17.0 Å². The van der Waals surface area contributed by atoms with Crippen LogP contribution >= 0.6 is 11.3 Å². The van der Waals surface area contributed by atoms with E-state index in [4.69, 9.17) is 14.7 Å². The lowest BCUT2D eigenvalue weighted by atomic mass is 10.1. The summed E-state index contributed by atoms with van der Waals surface area (Å²) in [5, 5.41) is 13.0. The van der Waals surface area contributed by atoms with Gasteiger partial charge in [0.25, 0.3) is 0 Å². The van der Waals surface area contributed by atoms with Gasteiger partial charge in [0.1, 0.15) is 17.7 Å². The highest BCUT2D eigenvalue weighted by atomic mass is 32.1. The van der Waals surface area contributed by atoms with E-state index in [0.29, 0.717) is 17.1 Å². The predicted octanol–water partition coefficient (Wildman–Crippen LogP) is 4.65. The molecule has 0 aliphatic rings. The Hall–Kier alpha value is -3.77. The van der Waals surface area contributed by atoms with Crippen molar-refractivity contribution in [3.05, 3.63) is 65.1 Å². The number of amides is 1. The van der Waals surface area contributed by atoms with E-state index < -0.39 is 17.5 Å². The van der Waals surface area contributed by atoms with E-state index in [2.05, 4.69) is 10.3 Å². The smallest absolute Gasteiger partial charge is 0.250 e. The largest absolute Gasteiger partial charge is 0.493 e. The Bertz CT molecular complexity index is 1140. The van der Waals surface area contributed by atoms with E-state index in [1.165, 1.54) is 18.6 Å². The van der Waals surface area contributed by atoms with Crippen molar-refractivity contribution in [3.8, 4) is 28.8 Å². The molecule has 1 amide bonds. The number of halogens is 2. The number of benzene rings is 2. The van der Waals surface area contributed by atoms with Crippen LogP contribution in [0.4, 0.5) is 13.9 Å². The molecule has 0 bridgehead atoms. The molecular weight excluding hydrogens is 412 g/mol. The lowest BCUT2D eigenvalue weighted by molar-refractivity contribution is -0.111. The van der Waals surface area contributed by atoms with Crippen molar-refractivity contribution in [1.82, 2.24) is 4.98 Å². The van der Waals surface area contributed by atoms with Gasteiger partial charge in [-0.25, -0.2) is 13.8 Å². The van der Waals surface area contributed by atoms with Gasteiger partial charge in [-0.15, -0.1) is 11.3 Å². The minimum atomic E-state index is -0.601. The highest BCUT2D eigenvalue weighted by Gasteiger charge is 2.12. The number of carbonyl (C=O) groups is 1. The number of aromatic nitrogens is 1. The van der Waals surface area contributed by atoms with Crippen LogP contribution in [0.1, 0.15) is 5.56 Å². The lowest BCUT2D eigenvalue weighted by Gasteiger charge is -2.08. The Labute approximate surface area is 175 Å². The average Bonchev–Trinajstić information content (AvgIpc) is 3.20. The van der Waals surface area contributed by atoms with Crippen molar-refractivity contribution in [1.29, 1.82) is 5.26 Å². The number of hydrogen-bond acceptors (Lipinski definition) is 6. The number of hydrogen-bond donors (Lipinski definition) is 1. The zero-order valence-corrected chi connectivity index (χ0v) is 16.5. The van der Waals surface area contributed by atoms with Crippen molar-refractivity contribution < 1.29 is 23.0 Å².